The molecule has 1 saturated heterocycles. The number of benzene rings is 1. The summed E-state index contributed by atoms with van der Waals surface area (Å²) in [7, 11) is 0. The van der Waals surface area contributed by atoms with Gasteiger partial charge in [-0.15, -0.1) is 0 Å². The van der Waals surface area contributed by atoms with Crippen LogP contribution in [-0.4, -0.2) is 38.3 Å². The van der Waals surface area contributed by atoms with Gasteiger partial charge in [0, 0.05) is 5.92 Å². The second kappa shape index (κ2) is 10.1. The number of hydrogen-bond acceptors (Lipinski definition) is 6. The quantitative estimate of drug-likeness (QED) is 0.484. The summed E-state index contributed by atoms with van der Waals surface area (Å²) in [5.74, 6) is -1.16. The number of carbonyl (C=O) groups is 3. The van der Waals surface area contributed by atoms with E-state index in [-0.39, 0.29) is 17.7 Å². The molecule has 3 rings (SSSR count). The topological polar surface area (TPSA) is 95.9 Å². The summed E-state index contributed by atoms with van der Waals surface area (Å²) in [6.45, 7) is 1.74. The third kappa shape index (κ3) is 5.40. The maximum atomic E-state index is 12.7. The standard InChI is InChI=1S/C21H24N2O5S2/c1-2-16(20(26)27)28-15-10-8-13(9-11-15)12-17-19(25)23(21(29)30-17)22-18(24)14-6-4-3-5-7-14/h8-12,14,16H,2-7H2,1H3,(H,22,24)(H,26,27)/b17-12+. The first-order chi connectivity index (χ1) is 14.4. The van der Waals surface area contributed by atoms with Crippen molar-refractivity contribution in [3.8, 4) is 5.75 Å². The van der Waals surface area contributed by atoms with Crippen LogP contribution >= 0.6 is 24.0 Å². The van der Waals surface area contributed by atoms with Gasteiger partial charge in [-0.05, 0) is 55.3 Å². The molecule has 7 nitrogen and oxygen atoms in total. The normalized spacial score (nSPS) is 19.8. The van der Waals surface area contributed by atoms with Gasteiger partial charge in [-0.2, -0.15) is 5.01 Å². The third-order valence-corrected chi connectivity index (χ3v) is 6.40. The molecule has 2 fully saturated rings. The van der Waals surface area contributed by atoms with Crippen LogP contribution in [0, 0.1) is 5.92 Å². The number of aliphatic carboxylic acids is 1. The summed E-state index contributed by atoms with van der Waals surface area (Å²) in [5.41, 5.74) is 3.42. The molecule has 1 aliphatic carbocycles. The minimum absolute atomic E-state index is 0.0716. The molecule has 1 aliphatic heterocycles. The Morgan fingerprint density at radius 2 is 1.97 bits per heavy atom. The van der Waals surface area contributed by atoms with Crippen LogP contribution in [0.5, 0.6) is 5.75 Å². The lowest BCUT2D eigenvalue weighted by Crippen LogP contribution is -2.47. The predicted molar refractivity (Wildman–Crippen MR) is 119 cm³/mol. The number of ether oxygens (including phenoxy) is 1. The largest absolute Gasteiger partial charge is 0.479 e. The molecule has 1 unspecified atom stereocenters. The number of rotatable bonds is 7. The van der Waals surface area contributed by atoms with Gasteiger partial charge in [-0.1, -0.05) is 50.1 Å². The first-order valence-electron chi connectivity index (χ1n) is 9.97. The van der Waals surface area contributed by atoms with Crippen molar-refractivity contribution in [2.24, 2.45) is 5.92 Å². The molecule has 160 valence electrons. The van der Waals surface area contributed by atoms with Gasteiger partial charge in [0.25, 0.3) is 5.91 Å². The van der Waals surface area contributed by atoms with E-state index in [2.05, 4.69) is 5.43 Å². The summed E-state index contributed by atoms with van der Waals surface area (Å²) in [6, 6.07) is 6.78. The molecule has 1 aromatic rings. The fraction of sp³-hybridized carbons (Fsp3) is 0.429. The average molecular weight is 449 g/mol. The summed E-state index contributed by atoms with van der Waals surface area (Å²) < 4.78 is 5.73. The zero-order valence-electron chi connectivity index (χ0n) is 16.6. The van der Waals surface area contributed by atoms with E-state index < -0.39 is 12.1 Å². The maximum Gasteiger partial charge on any atom is 0.344 e. The molecule has 0 aromatic heterocycles. The second-order valence-electron chi connectivity index (χ2n) is 7.25. The number of hydrogen-bond donors (Lipinski definition) is 2. The molecule has 1 heterocycles. The number of carboxylic acid groups (broad SMARTS) is 1. The van der Waals surface area contributed by atoms with Crippen molar-refractivity contribution in [3.05, 3.63) is 34.7 Å². The van der Waals surface area contributed by atoms with Crippen molar-refractivity contribution in [3.63, 3.8) is 0 Å². The highest BCUT2D eigenvalue weighted by atomic mass is 32.2. The van der Waals surface area contributed by atoms with Crippen molar-refractivity contribution in [2.75, 3.05) is 0 Å². The minimum atomic E-state index is -1.01. The van der Waals surface area contributed by atoms with E-state index in [1.165, 1.54) is 0 Å². The lowest BCUT2D eigenvalue weighted by atomic mass is 9.89. The van der Waals surface area contributed by atoms with Crippen molar-refractivity contribution in [2.45, 2.75) is 51.6 Å². The molecule has 1 atom stereocenters. The van der Waals surface area contributed by atoms with Crippen molar-refractivity contribution in [1.82, 2.24) is 10.4 Å². The van der Waals surface area contributed by atoms with Crippen molar-refractivity contribution >= 4 is 52.2 Å². The minimum Gasteiger partial charge on any atom is -0.479 e. The number of hydrazine groups is 1. The smallest absolute Gasteiger partial charge is 0.344 e. The van der Waals surface area contributed by atoms with Gasteiger partial charge in [0.15, 0.2) is 10.4 Å². The number of thioether (sulfide) groups is 1. The molecule has 1 saturated carbocycles. The Bertz CT molecular complexity index is 863. The molecule has 2 N–H and O–H groups in total. The number of amides is 2. The molecule has 0 bridgehead atoms. The van der Waals surface area contributed by atoms with E-state index in [9.17, 15) is 14.4 Å². The first-order valence-corrected chi connectivity index (χ1v) is 11.2. The van der Waals surface area contributed by atoms with Crippen molar-refractivity contribution in [1.29, 1.82) is 0 Å². The number of carboxylic acids is 1. The van der Waals surface area contributed by atoms with Crippen LogP contribution in [0.4, 0.5) is 0 Å². The Balaban J connectivity index is 1.64. The van der Waals surface area contributed by atoms with Gasteiger partial charge in [-0.3, -0.25) is 15.0 Å². The van der Waals surface area contributed by atoms with E-state index >= 15 is 0 Å². The summed E-state index contributed by atoms with van der Waals surface area (Å²) >= 11 is 6.41. The first kappa shape index (κ1) is 22.3. The molecule has 0 radical (unpaired) electrons. The number of carbonyl (C=O) groups excluding carboxylic acids is 2. The van der Waals surface area contributed by atoms with E-state index in [1.54, 1.807) is 37.3 Å². The van der Waals surface area contributed by atoms with E-state index in [4.69, 9.17) is 22.1 Å². The molecular formula is C21H24N2O5S2. The lowest BCUT2D eigenvalue weighted by molar-refractivity contribution is -0.145. The van der Waals surface area contributed by atoms with E-state index in [1.807, 2.05) is 0 Å². The number of nitrogens with one attached hydrogen (secondary N) is 1. The summed E-state index contributed by atoms with van der Waals surface area (Å²) in [5, 5.41) is 10.2. The number of nitrogens with zero attached hydrogens (tertiary/aromatic N) is 1. The van der Waals surface area contributed by atoms with Gasteiger partial charge < -0.3 is 9.84 Å². The highest BCUT2D eigenvalue weighted by molar-refractivity contribution is 8.26. The fourth-order valence-electron chi connectivity index (χ4n) is 3.40. The Morgan fingerprint density at radius 1 is 1.30 bits per heavy atom. The van der Waals surface area contributed by atoms with Crippen LogP contribution in [0.15, 0.2) is 29.2 Å². The van der Waals surface area contributed by atoms with Gasteiger partial charge in [0.2, 0.25) is 5.91 Å². The third-order valence-electron chi connectivity index (χ3n) is 5.09. The van der Waals surface area contributed by atoms with Crippen LogP contribution in [0.3, 0.4) is 0 Å². The van der Waals surface area contributed by atoms with Crippen LogP contribution in [0.25, 0.3) is 6.08 Å². The number of thiocarbonyl (C=S) groups is 1. The van der Waals surface area contributed by atoms with E-state index in [0.29, 0.717) is 21.4 Å². The average Bonchev–Trinajstić information content (AvgIpc) is 3.00. The molecule has 30 heavy (non-hydrogen) atoms. The molecule has 0 spiro atoms. The summed E-state index contributed by atoms with van der Waals surface area (Å²) in [6.07, 6.45) is 6.02. The monoisotopic (exact) mass is 448 g/mol. The van der Waals surface area contributed by atoms with Gasteiger partial charge in [0.1, 0.15) is 5.75 Å². The predicted octanol–water partition coefficient (Wildman–Crippen LogP) is 3.74. The Hall–Kier alpha value is -2.39. The highest BCUT2D eigenvalue weighted by Gasteiger charge is 2.35. The lowest BCUT2D eigenvalue weighted by Gasteiger charge is -2.23. The zero-order valence-corrected chi connectivity index (χ0v) is 18.3. The summed E-state index contributed by atoms with van der Waals surface area (Å²) in [4.78, 5) is 36.7. The van der Waals surface area contributed by atoms with Gasteiger partial charge in [0.05, 0.1) is 4.91 Å². The second-order valence-corrected chi connectivity index (χ2v) is 8.93. The maximum absolute atomic E-state index is 12.7. The van der Waals surface area contributed by atoms with Gasteiger partial charge in [-0.25, -0.2) is 4.79 Å². The Labute approximate surface area is 184 Å². The zero-order chi connectivity index (χ0) is 21.7. The SMILES string of the molecule is CCC(Oc1ccc(/C=C2/SC(=S)N(NC(=O)C3CCCCC3)C2=O)cc1)C(=O)O. The Morgan fingerprint density at radius 3 is 2.57 bits per heavy atom. The highest BCUT2D eigenvalue weighted by Crippen LogP contribution is 2.32. The van der Waals surface area contributed by atoms with Crippen LogP contribution in [0.2, 0.25) is 0 Å². The molecule has 1 aromatic carbocycles. The molecule has 9 heteroatoms. The van der Waals surface area contributed by atoms with Gasteiger partial charge >= 0.3 is 5.97 Å². The molecule has 2 amide bonds. The Kier molecular flexibility index (Phi) is 7.49. The van der Waals surface area contributed by atoms with Crippen molar-refractivity contribution < 1.29 is 24.2 Å². The van der Waals surface area contributed by atoms with Crippen LogP contribution < -0.4 is 10.2 Å². The molecule has 2 aliphatic rings. The van der Waals surface area contributed by atoms with Crippen LogP contribution in [0.1, 0.15) is 51.0 Å². The molecular weight excluding hydrogens is 424 g/mol. The fourth-order valence-corrected chi connectivity index (χ4v) is 4.58. The van der Waals surface area contributed by atoms with Crippen LogP contribution in [-0.2, 0) is 14.4 Å². The van der Waals surface area contributed by atoms with E-state index in [0.717, 1.165) is 54.4 Å².